The Kier molecular flexibility index (Phi) is 4.84. The number of ether oxygens (including phenoxy) is 1. The van der Waals surface area contributed by atoms with Crippen molar-refractivity contribution in [1.82, 2.24) is 0 Å². The molecular weight excluding hydrogens is 272 g/mol. The number of aryl methyl sites for hydroxylation is 1. The molecule has 8 heteroatoms. The summed E-state index contributed by atoms with van der Waals surface area (Å²) in [6, 6.07) is 4.73. The monoisotopic (exact) mass is 288 g/mol. The summed E-state index contributed by atoms with van der Waals surface area (Å²) in [5, 5.41) is 15.8. The Labute approximate surface area is 111 Å². The summed E-state index contributed by atoms with van der Waals surface area (Å²) in [6.45, 7) is 3.30. The molecular formula is C11H16N2O5S. The van der Waals surface area contributed by atoms with Crippen LogP contribution in [0, 0.1) is 23.0 Å². The van der Waals surface area contributed by atoms with Crippen molar-refractivity contribution in [2.45, 2.75) is 13.8 Å². The minimum absolute atomic E-state index is 0.0424. The van der Waals surface area contributed by atoms with Crippen LogP contribution >= 0.6 is 0 Å². The van der Waals surface area contributed by atoms with Crippen molar-refractivity contribution < 1.29 is 18.1 Å². The van der Waals surface area contributed by atoms with Gasteiger partial charge in [-0.05, 0) is 13.0 Å². The summed E-state index contributed by atoms with van der Waals surface area (Å²) in [6.07, 6.45) is 0. The van der Waals surface area contributed by atoms with Gasteiger partial charge in [-0.15, -0.1) is 0 Å². The van der Waals surface area contributed by atoms with Crippen molar-refractivity contribution in [2.24, 2.45) is 11.1 Å². The van der Waals surface area contributed by atoms with Crippen molar-refractivity contribution in [3.05, 3.63) is 33.9 Å². The van der Waals surface area contributed by atoms with Gasteiger partial charge in [-0.2, -0.15) is 0 Å². The molecule has 0 aromatic heterocycles. The highest BCUT2D eigenvalue weighted by atomic mass is 32.2. The van der Waals surface area contributed by atoms with Crippen LogP contribution in [0.5, 0.6) is 5.75 Å². The van der Waals surface area contributed by atoms with Gasteiger partial charge in [-0.1, -0.05) is 19.1 Å². The van der Waals surface area contributed by atoms with Gasteiger partial charge in [-0.25, -0.2) is 13.6 Å². The number of para-hydroxylation sites is 1. The number of primary sulfonamides is 1. The summed E-state index contributed by atoms with van der Waals surface area (Å²) in [7, 11) is -3.58. The first-order valence-electron chi connectivity index (χ1n) is 5.58. The van der Waals surface area contributed by atoms with Gasteiger partial charge in [0.1, 0.15) is 0 Å². The minimum Gasteiger partial charge on any atom is -0.486 e. The van der Waals surface area contributed by atoms with E-state index in [1.54, 1.807) is 26.0 Å². The molecule has 0 spiro atoms. The SMILES string of the molecule is Cc1cccc(OCC(C)CS(N)(=O)=O)c1[N+](=O)[O-]. The average Bonchev–Trinajstić information content (AvgIpc) is 2.23. The molecule has 0 fully saturated rings. The van der Waals surface area contributed by atoms with Crippen LogP contribution in [-0.2, 0) is 10.0 Å². The Hall–Kier alpha value is -1.67. The van der Waals surface area contributed by atoms with E-state index in [-0.39, 0.29) is 29.7 Å². The van der Waals surface area contributed by atoms with Crippen molar-refractivity contribution >= 4 is 15.7 Å². The molecule has 106 valence electrons. The fourth-order valence-corrected chi connectivity index (χ4v) is 2.55. The number of sulfonamides is 1. The molecule has 0 bridgehead atoms. The number of nitro groups is 1. The van der Waals surface area contributed by atoms with Gasteiger partial charge in [0.15, 0.2) is 5.75 Å². The van der Waals surface area contributed by atoms with Gasteiger partial charge in [0.25, 0.3) is 0 Å². The van der Waals surface area contributed by atoms with Gasteiger partial charge in [-0.3, -0.25) is 10.1 Å². The molecule has 1 aromatic carbocycles. The van der Waals surface area contributed by atoms with E-state index < -0.39 is 14.9 Å². The third-order valence-corrected chi connectivity index (χ3v) is 3.46. The molecule has 0 saturated heterocycles. The normalized spacial score (nSPS) is 13.0. The Morgan fingerprint density at radius 3 is 2.63 bits per heavy atom. The van der Waals surface area contributed by atoms with E-state index in [1.807, 2.05) is 0 Å². The molecule has 7 nitrogen and oxygen atoms in total. The molecule has 19 heavy (non-hydrogen) atoms. The lowest BCUT2D eigenvalue weighted by atomic mass is 10.2. The number of nitro benzene ring substituents is 1. The molecule has 1 rings (SSSR count). The predicted molar refractivity (Wildman–Crippen MR) is 70.5 cm³/mol. The molecule has 1 atom stereocenters. The minimum atomic E-state index is -3.58. The van der Waals surface area contributed by atoms with Gasteiger partial charge in [0.05, 0.1) is 17.3 Å². The predicted octanol–water partition coefficient (Wildman–Crippen LogP) is 1.21. The molecule has 1 unspecified atom stereocenters. The van der Waals surface area contributed by atoms with E-state index in [9.17, 15) is 18.5 Å². The number of hydrogen-bond donors (Lipinski definition) is 1. The molecule has 0 aliphatic carbocycles. The zero-order valence-electron chi connectivity index (χ0n) is 10.7. The standard InChI is InChI=1S/C11H16N2O5S/c1-8(7-19(12,16)17)6-18-10-5-3-4-9(2)11(10)13(14)15/h3-5,8H,6-7H2,1-2H3,(H2,12,16,17). The van der Waals surface area contributed by atoms with Crippen molar-refractivity contribution in [2.75, 3.05) is 12.4 Å². The Morgan fingerprint density at radius 1 is 1.47 bits per heavy atom. The number of nitrogens with two attached hydrogens (primary N) is 1. The number of hydrogen-bond acceptors (Lipinski definition) is 5. The summed E-state index contributed by atoms with van der Waals surface area (Å²) >= 11 is 0. The highest BCUT2D eigenvalue weighted by Crippen LogP contribution is 2.30. The summed E-state index contributed by atoms with van der Waals surface area (Å²) in [5.74, 6) is -0.450. The van der Waals surface area contributed by atoms with Crippen LogP contribution < -0.4 is 9.88 Å². The van der Waals surface area contributed by atoms with Gasteiger partial charge < -0.3 is 4.74 Å². The molecule has 2 N–H and O–H groups in total. The number of rotatable bonds is 6. The van der Waals surface area contributed by atoms with Crippen LogP contribution in [0.4, 0.5) is 5.69 Å². The molecule has 0 radical (unpaired) electrons. The highest BCUT2D eigenvalue weighted by Gasteiger charge is 2.19. The van der Waals surface area contributed by atoms with Crippen LogP contribution in [-0.4, -0.2) is 25.7 Å². The van der Waals surface area contributed by atoms with Crippen molar-refractivity contribution in [3.8, 4) is 5.75 Å². The molecule has 0 saturated carbocycles. The Bertz CT molecular complexity index is 570. The molecule has 0 amide bonds. The maximum atomic E-state index is 10.9. The molecule has 0 aliphatic heterocycles. The summed E-state index contributed by atoms with van der Waals surface area (Å²) in [5.41, 5.74) is 0.381. The smallest absolute Gasteiger partial charge is 0.313 e. The van der Waals surface area contributed by atoms with Gasteiger partial charge in [0.2, 0.25) is 10.0 Å². The Morgan fingerprint density at radius 2 is 2.11 bits per heavy atom. The fourth-order valence-electron chi connectivity index (χ4n) is 1.66. The lowest BCUT2D eigenvalue weighted by Crippen LogP contribution is -2.25. The lowest BCUT2D eigenvalue weighted by molar-refractivity contribution is -0.386. The summed E-state index contributed by atoms with van der Waals surface area (Å²) in [4.78, 5) is 10.4. The maximum absolute atomic E-state index is 10.9. The van der Waals surface area contributed by atoms with Gasteiger partial charge >= 0.3 is 5.69 Å². The van der Waals surface area contributed by atoms with Crippen LogP contribution in [0.15, 0.2) is 18.2 Å². The third kappa shape index (κ3) is 4.84. The second kappa shape index (κ2) is 5.98. The second-order valence-corrected chi connectivity index (χ2v) is 6.08. The van der Waals surface area contributed by atoms with E-state index in [4.69, 9.17) is 9.88 Å². The van der Waals surface area contributed by atoms with Crippen molar-refractivity contribution in [1.29, 1.82) is 0 Å². The molecule has 0 heterocycles. The molecule has 1 aromatic rings. The van der Waals surface area contributed by atoms with E-state index in [0.717, 1.165) is 0 Å². The Balaban J connectivity index is 2.79. The van der Waals surface area contributed by atoms with E-state index in [2.05, 4.69) is 0 Å². The quantitative estimate of drug-likeness (QED) is 0.624. The highest BCUT2D eigenvalue weighted by molar-refractivity contribution is 7.89. The fraction of sp³-hybridized carbons (Fsp3) is 0.455. The first kappa shape index (κ1) is 15.4. The van der Waals surface area contributed by atoms with Crippen LogP contribution in [0.2, 0.25) is 0 Å². The van der Waals surface area contributed by atoms with E-state index in [1.165, 1.54) is 6.07 Å². The zero-order valence-corrected chi connectivity index (χ0v) is 11.5. The van der Waals surface area contributed by atoms with Crippen LogP contribution in [0.25, 0.3) is 0 Å². The number of nitrogens with zero attached hydrogens (tertiary/aromatic N) is 1. The van der Waals surface area contributed by atoms with E-state index >= 15 is 0 Å². The maximum Gasteiger partial charge on any atom is 0.313 e. The largest absolute Gasteiger partial charge is 0.486 e. The first-order valence-corrected chi connectivity index (χ1v) is 7.29. The van der Waals surface area contributed by atoms with Crippen LogP contribution in [0.1, 0.15) is 12.5 Å². The third-order valence-electron chi connectivity index (χ3n) is 2.42. The molecule has 0 aliphatic rings. The zero-order chi connectivity index (χ0) is 14.6. The first-order chi connectivity index (χ1) is 8.70. The second-order valence-electron chi connectivity index (χ2n) is 4.42. The van der Waals surface area contributed by atoms with Crippen LogP contribution in [0.3, 0.4) is 0 Å². The lowest BCUT2D eigenvalue weighted by Gasteiger charge is -2.12. The van der Waals surface area contributed by atoms with Gasteiger partial charge in [0, 0.05) is 11.5 Å². The average molecular weight is 288 g/mol. The summed E-state index contributed by atoms with van der Waals surface area (Å²) < 4.78 is 27.1. The topological polar surface area (TPSA) is 113 Å². The van der Waals surface area contributed by atoms with E-state index in [0.29, 0.717) is 5.56 Å². The number of benzene rings is 1. The van der Waals surface area contributed by atoms with Crippen molar-refractivity contribution in [3.63, 3.8) is 0 Å².